The molecule has 86 valence electrons. The molecule has 1 heteroatoms. The van der Waals surface area contributed by atoms with E-state index >= 15 is 0 Å². The molecular weight excluding hydrogens is 206 g/mol. The van der Waals surface area contributed by atoms with Crippen LogP contribution in [0.3, 0.4) is 0 Å². The number of para-hydroxylation sites is 1. The molecule has 0 aromatic heterocycles. The van der Waals surface area contributed by atoms with E-state index in [9.17, 15) is 0 Å². The Hall–Kier alpha value is -1.76. The maximum Gasteiger partial charge on any atom is 0.0378 e. The van der Waals surface area contributed by atoms with Crippen molar-refractivity contribution in [2.75, 3.05) is 11.9 Å². The minimum absolute atomic E-state index is 0.544. The molecule has 1 heterocycles. The van der Waals surface area contributed by atoms with E-state index in [1.165, 1.54) is 29.7 Å². The third-order valence-corrected chi connectivity index (χ3v) is 3.52. The molecule has 0 saturated carbocycles. The van der Waals surface area contributed by atoms with Crippen molar-refractivity contribution in [1.82, 2.24) is 0 Å². The lowest BCUT2D eigenvalue weighted by atomic mass is 9.87. The molecule has 3 rings (SSSR count). The highest BCUT2D eigenvalue weighted by Crippen LogP contribution is 2.35. The smallest absolute Gasteiger partial charge is 0.0378 e. The Morgan fingerprint density at radius 1 is 0.882 bits per heavy atom. The topological polar surface area (TPSA) is 12.0 Å². The zero-order valence-corrected chi connectivity index (χ0v) is 9.89. The Balaban J connectivity index is 2.06. The number of hydrogen-bond donors (Lipinski definition) is 1. The highest BCUT2D eigenvalue weighted by atomic mass is 14.9. The SMILES string of the molecule is c1ccc(C2CCCNc3ccccc32)cc1. The summed E-state index contributed by atoms with van der Waals surface area (Å²) >= 11 is 0. The van der Waals surface area contributed by atoms with Crippen molar-refractivity contribution in [2.45, 2.75) is 18.8 Å². The predicted molar refractivity (Wildman–Crippen MR) is 72.5 cm³/mol. The van der Waals surface area contributed by atoms with Crippen LogP contribution < -0.4 is 5.32 Å². The molecule has 2 aromatic carbocycles. The Morgan fingerprint density at radius 2 is 1.65 bits per heavy atom. The van der Waals surface area contributed by atoms with Crippen molar-refractivity contribution in [3.63, 3.8) is 0 Å². The Kier molecular flexibility index (Phi) is 2.83. The highest BCUT2D eigenvalue weighted by molar-refractivity contribution is 5.56. The molecule has 0 fully saturated rings. The standard InChI is InChI=1S/C16H17N/c1-2-7-13(8-3-1)14-10-6-12-17-16-11-5-4-9-15(14)16/h1-5,7-9,11,14,17H,6,10,12H2. The lowest BCUT2D eigenvalue weighted by Crippen LogP contribution is -2.00. The summed E-state index contributed by atoms with van der Waals surface area (Å²) < 4.78 is 0. The Bertz CT molecular complexity index is 490. The van der Waals surface area contributed by atoms with Crippen molar-refractivity contribution < 1.29 is 0 Å². The molecule has 1 N–H and O–H groups in total. The molecule has 0 aliphatic carbocycles. The second-order valence-electron chi connectivity index (χ2n) is 4.62. The number of nitrogens with one attached hydrogen (secondary N) is 1. The monoisotopic (exact) mass is 223 g/mol. The molecule has 1 aliphatic heterocycles. The van der Waals surface area contributed by atoms with Crippen LogP contribution in [0.4, 0.5) is 5.69 Å². The Morgan fingerprint density at radius 3 is 2.53 bits per heavy atom. The first-order chi connectivity index (χ1) is 8.45. The fourth-order valence-electron chi connectivity index (χ4n) is 2.68. The van der Waals surface area contributed by atoms with Gasteiger partial charge in [-0.25, -0.2) is 0 Å². The highest BCUT2D eigenvalue weighted by Gasteiger charge is 2.19. The molecule has 0 radical (unpaired) electrons. The van der Waals surface area contributed by atoms with Crippen LogP contribution in [0.1, 0.15) is 29.9 Å². The van der Waals surface area contributed by atoms with E-state index in [2.05, 4.69) is 59.9 Å². The van der Waals surface area contributed by atoms with Crippen molar-refractivity contribution >= 4 is 5.69 Å². The van der Waals surface area contributed by atoms with Crippen LogP contribution in [0.2, 0.25) is 0 Å². The second kappa shape index (κ2) is 4.62. The van der Waals surface area contributed by atoms with Crippen LogP contribution >= 0.6 is 0 Å². The van der Waals surface area contributed by atoms with Gasteiger partial charge < -0.3 is 5.32 Å². The molecule has 1 atom stereocenters. The van der Waals surface area contributed by atoms with Gasteiger partial charge in [-0.3, -0.25) is 0 Å². The van der Waals surface area contributed by atoms with Crippen LogP contribution in [0.15, 0.2) is 54.6 Å². The number of hydrogen-bond acceptors (Lipinski definition) is 1. The molecule has 0 bridgehead atoms. The van der Waals surface area contributed by atoms with Gasteiger partial charge in [-0.15, -0.1) is 0 Å². The maximum absolute atomic E-state index is 3.52. The largest absolute Gasteiger partial charge is 0.385 e. The van der Waals surface area contributed by atoms with E-state index in [-0.39, 0.29) is 0 Å². The average molecular weight is 223 g/mol. The molecule has 1 unspecified atom stereocenters. The molecule has 1 aliphatic rings. The zero-order chi connectivity index (χ0) is 11.5. The van der Waals surface area contributed by atoms with Gasteiger partial charge in [-0.2, -0.15) is 0 Å². The van der Waals surface area contributed by atoms with Gasteiger partial charge in [-0.1, -0.05) is 48.5 Å². The van der Waals surface area contributed by atoms with Crippen molar-refractivity contribution in [2.24, 2.45) is 0 Å². The Labute approximate surface area is 102 Å². The van der Waals surface area contributed by atoms with Crippen molar-refractivity contribution in [1.29, 1.82) is 0 Å². The first-order valence-corrected chi connectivity index (χ1v) is 6.33. The van der Waals surface area contributed by atoms with Gasteiger partial charge in [0.25, 0.3) is 0 Å². The van der Waals surface area contributed by atoms with Crippen LogP contribution in [0.5, 0.6) is 0 Å². The number of benzene rings is 2. The molecule has 17 heavy (non-hydrogen) atoms. The minimum Gasteiger partial charge on any atom is -0.385 e. The fraction of sp³-hybridized carbons (Fsp3) is 0.250. The number of rotatable bonds is 1. The second-order valence-corrected chi connectivity index (χ2v) is 4.62. The van der Waals surface area contributed by atoms with Crippen molar-refractivity contribution in [3.05, 3.63) is 65.7 Å². The normalized spacial score (nSPS) is 18.9. The third-order valence-electron chi connectivity index (χ3n) is 3.52. The lowest BCUT2D eigenvalue weighted by Gasteiger charge is -2.17. The quantitative estimate of drug-likeness (QED) is 0.769. The van der Waals surface area contributed by atoms with Crippen LogP contribution in [0, 0.1) is 0 Å². The van der Waals surface area contributed by atoms with E-state index in [1.807, 2.05) is 0 Å². The van der Waals surface area contributed by atoms with Gasteiger partial charge in [0, 0.05) is 18.2 Å². The fourth-order valence-corrected chi connectivity index (χ4v) is 2.68. The van der Waals surface area contributed by atoms with Gasteiger partial charge in [0.15, 0.2) is 0 Å². The molecule has 0 saturated heterocycles. The van der Waals surface area contributed by atoms with Gasteiger partial charge in [-0.05, 0) is 30.0 Å². The van der Waals surface area contributed by atoms with E-state index in [4.69, 9.17) is 0 Å². The van der Waals surface area contributed by atoms with Crippen molar-refractivity contribution in [3.8, 4) is 0 Å². The van der Waals surface area contributed by atoms with Gasteiger partial charge in [0.2, 0.25) is 0 Å². The molecule has 1 nitrogen and oxygen atoms in total. The summed E-state index contributed by atoms with van der Waals surface area (Å²) in [6, 6.07) is 19.5. The minimum atomic E-state index is 0.544. The summed E-state index contributed by atoms with van der Waals surface area (Å²) in [7, 11) is 0. The maximum atomic E-state index is 3.52. The third kappa shape index (κ3) is 2.05. The van der Waals surface area contributed by atoms with E-state index < -0.39 is 0 Å². The lowest BCUT2D eigenvalue weighted by molar-refractivity contribution is 0.699. The van der Waals surface area contributed by atoms with E-state index in [1.54, 1.807) is 0 Å². The molecule has 0 spiro atoms. The molecule has 0 amide bonds. The summed E-state index contributed by atoms with van der Waals surface area (Å²) in [4.78, 5) is 0. The summed E-state index contributed by atoms with van der Waals surface area (Å²) in [5, 5.41) is 3.52. The van der Waals surface area contributed by atoms with Crippen LogP contribution in [-0.2, 0) is 0 Å². The summed E-state index contributed by atoms with van der Waals surface area (Å²) in [6.07, 6.45) is 2.46. The van der Waals surface area contributed by atoms with Gasteiger partial charge in [0.1, 0.15) is 0 Å². The molecular formula is C16H17N. The zero-order valence-electron chi connectivity index (χ0n) is 9.89. The number of anilines is 1. The van der Waals surface area contributed by atoms with Crippen LogP contribution in [0.25, 0.3) is 0 Å². The summed E-state index contributed by atoms with van der Waals surface area (Å²) in [5.74, 6) is 0.544. The number of fused-ring (bicyclic) bond motifs is 1. The summed E-state index contributed by atoms with van der Waals surface area (Å²) in [6.45, 7) is 1.08. The predicted octanol–water partition coefficient (Wildman–Crippen LogP) is 4.02. The van der Waals surface area contributed by atoms with Gasteiger partial charge in [0.05, 0.1) is 0 Å². The van der Waals surface area contributed by atoms with E-state index in [0.29, 0.717) is 5.92 Å². The first-order valence-electron chi connectivity index (χ1n) is 6.33. The van der Waals surface area contributed by atoms with Gasteiger partial charge >= 0.3 is 0 Å². The van der Waals surface area contributed by atoms with Crippen LogP contribution in [-0.4, -0.2) is 6.54 Å². The molecule has 2 aromatic rings. The first kappa shape index (κ1) is 10.4. The summed E-state index contributed by atoms with van der Waals surface area (Å²) in [5.41, 5.74) is 4.18. The van der Waals surface area contributed by atoms with E-state index in [0.717, 1.165) is 6.54 Å². The average Bonchev–Trinajstić information content (AvgIpc) is 2.62.